The summed E-state index contributed by atoms with van der Waals surface area (Å²) >= 11 is 0. The number of hydrogen-bond acceptors (Lipinski definition) is 6. The van der Waals surface area contributed by atoms with Crippen LogP contribution in [0.3, 0.4) is 0 Å². The zero-order chi connectivity index (χ0) is 18.3. The maximum Gasteiger partial charge on any atom is 0.308 e. The van der Waals surface area contributed by atoms with Crippen LogP contribution in [0.5, 0.6) is 0 Å². The fourth-order valence-corrected chi connectivity index (χ4v) is 1.58. The second kappa shape index (κ2) is 8.64. The number of ether oxygens (including phenoxy) is 2. The van der Waals surface area contributed by atoms with E-state index in [2.05, 4.69) is 5.32 Å². The van der Waals surface area contributed by atoms with Crippen molar-refractivity contribution in [2.75, 3.05) is 0 Å². The third-order valence-electron chi connectivity index (χ3n) is 2.29. The molecule has 1 amide bonds. The lowest BCUT2D eigenvalue weighted by atomic mass is 10.1. The van der Waals surface area contributed by atoms with Gasteiger partial charge in [-0.25, -0.2) is 0 Å². The van der Waals surface area contributed by atoms with Crippen LogP contribution >= 0.6 is 0 Å². The van der Waals surface area contributed by atoms with E-state index in [1.165, 1.54) is 0 Å². The third-order valence-corrected chi connectivity index (χ3v) is 2.29. The van der Waals surface area contributed by atoms with Crippen LogP contribution in [-0.2, 0) is 28.7 Å². The smallest absolute Gasteiger partial charge is 0.308 e. The van der Waals surface area contributed by atoms with Crippen molar-refractivity contribution in [3.8, 4) is 0 Å². The standard InChI is InChI=1S/C16H27NO6/c1-15(2,3)22-13(20)8-7-12(19)17-11(10-18)9-14(21)23-16(4,5)6/h10-11H,7-9H2,1-6H3,(H,17,19)/t11-/m0/s1. The summed E-state index contributed by atoms with van der Waals surface area (Å²) in [5, 5.41) is 2.39. The maximum atomic E-state index is 11.7. The summed E-state index contributed by atoms with van der Waals surface area (Å²) in [5.41, 5.74) is -1.28. The van der Waals surface area contributed by atoms with Gasteiger partial charge in [0.05, 0.1) is 18.9 Å². The van der Waals surface area contributed by atoms with Crippen molar-refractivity contribution in [2.24, 2.45) is 0 Å². The zero-order valence-corrected chi connectivity index (χ0v) is 14.7. The van der Waals surface area contributed by atoms with Gasteiger partial charge in [0.15, 0.2) is 0 Å². The molecule has 0 spiro atoms. The summed E-state index contributed by atoms with van der Waals surface area (Å²) in [6.45, 7) is 10.3. The summed E-state index contributed by atoms with van der Waals surface area (Å²) in [7, 11) is 0. The predicted molar refractivity (Wildman–Crippen MR) is 83.5 cm³/mol. The van der Waals surface area contributed by atoms with Gasteiger partial charge < -0.3 is 19.6 Å². The van der Waals surface area contributed by atoms with E-state index < -0.39 is 35.1 Å². The zero-order valence-electron chi connectivity index (χ0n) is 14.7. The average Bonchev–Trinajstić information content (AvgIpc) is 2.31. The van der Waals surface area contributed by atoms with E-state index >= 15 is 0 Å². The lowest BCUT2D eigenvalue weighted by Crippen LogP contribution is -2.39. The fourth-order valence-electron chi connectivity index (χ4n) is 1.58. The molecule has 0 heterocycles. The number of hydrogen-bond donors (Lipinski definition) is 1. The molecule has 1 atom stereocenters. The highest BCUT2D eigenvalue weighted by Crippen LogP contribution is 2.10. The highest BCUT2D eigenvalue weighted by molar-refractivity contribution is 5.85. The molecule has 132 valence electrons. The summed E-state index contributed by atoms with van der Waals surface area (Å²) in [5.74, 6) is -1.58. The van der Waals surface area contributed by atoms with E-state index in [1.54, 1.807) is 41.5 Å². The number of rotatable bonds is 7. The lowest BCUT2D eigenvalue weighted by Gasteiger charge is -2.21. The van der Waals surface area contributed by atoms with Crippen molar-refractivity contribution in [2.45, 2.75) is 78.0 Å². The molecule has 0 aromatic carbocycles. The van der Waals surface area contributed by atoms with Crippen LogP contribution in [0.25, 0.3) is 0 Å². The second-order valence-electron chi connectivity index (χ2n) is 7.19. The lowest BCUT2D eigenvalue weighted by molar-refractivity contribution is -0.157. The van der Waals surface area contributed by atoms with Crippen LogP contribution in [0.1, 0.15) is 60.8 Å². The summed E-state index contributed by atoms with van der Waals surface area (Å²) in [4.78, 5) is 45.8. The molecule has 0 unspecified atom stereocenters. The third kappa shape index (κ3) is 12.3. The van der Waals surface area contributed by atoms with E-state index in [-0.39, 0.29) is 19.3 Å². The molecule has 0 saturated carbocycles. The summed E-state index contributed by atoms with van der Waals surface area (Å²) in [6.07, 6.45) is 0.00291. The first kappa shape index (κ1) is 21.1. The van der Waals surface area contributed by atoms with E-state index in [1.807, 2.05) is 0 Å². The number of amides is 1. The van der Waals surface area contributed by atoms with Crippen molar-refractivity contribution >= 4 is 24.1 Å². The van der Waals surface area contributed by atoms with Gasteiger partial charge in [-0.1, -0.05) is 0 Å². The van der Waals surface area contributed by atoms with E-state index in [4.69, 9.17) is 9.47 Å². The van der Waals surface area contributed by atoms with Gasteiger partial charge in [-0.05, 0) is 41.5 Å². The molecule has 0 rings (SSSR count). The maximum absolute atomic E-state index is 11.7. The Labute approximate surface area is 137 Å². The Morgan fingerprint density at radius 2 is 1.39 bits per heavy atom. The Hall–Kier alpha value is -1.92. The minimum absolute atomic E-state index is 0.0961. The molecule has 0 fully saturated rings. The predicted octanol–water partition coefficient (Wildman–Crippen LogP) is 1.52. The van der Waals surface area contributed by atoms with Crippen molar-refractivity contribution < 1.29 is 28.7 Å². The molecule has 0 aliphatic rings. The number of nitrogens with one attached hydrogen (secondary N) is 1. The average molecular weight is 329 g/mol. The first-order valence-corrected chi connectivity index (χ1v) is 7.51. The largest absolute Gasteiger partial charge is 0.460 e. The van der Waals surface area contributed by atoms with Crippen LogP contribution in [0.15, 0.2) is 0 Å². The Morgan fingerprint density at radius 3 is 1.83 bits per heavy atom. The molecule has 1 N–H and O–H groups in total. The Bertz CT molecular complexity index is 444. The normalized spacial score (nSPS) is 13.0. The van der Waals surface area contributed by atoms with Gasteiger partial charge in [-0.15, -0.1) is 0 Å². The van der Waals surface area contributed by atoms with Crippen LogP contribution in [0.2, 0.25) is 0 Å². The minimum atomic E-state index is -0.976. The molecule has 0 bridgehead atoms. The van der Waals surface area contributed by atoms with Gasteiger partial charge in [0, 0.05) is 6.42 Å². The van der Waals surface area contributed by atoms with Gasteiger partial charge in [-0.3, -0.25) is 14.4 Å². The van der Waals surface area contributed by atoms with Gasteiger partial charge in [0.25, 0.3) is 0 Å². The van der Waals surface area contributed by atoms with E-state index in [9.17, 15) is 19.2 Å². The molecular weight excluding hydrogens is 302 g/mol. The van der Waals surface area contributed by atoms with Crippen molar-refractivity contribution in [1.29, 1.82) is 0 Å². The quantitative estimate of drug-likeness (QED) is 0.562. The van der Waals surface area contributed by atoms with Gasteiger partial charge in [0.2, 0.25) is 5.91 Å². The van der Waals surface area contributed by atoms with Crippen LogP contribution in [0, 0.1) is 0 Å². The van der Waals surface area contributed by atoms with Crippen LogP contribution < -0.4 is 5.32 Å². The summed E-state index contributed by atoms with van der Waals surface area (Å²) < 4.78 is 10.2. The van der Waals surface area contributed by atoms with E-state index in [0.29, 0.717) is 6.29 Å². The number of carbonyl (C=O) groups excluding carboxylic acids is 4. The monoisotopic (exact) mass is 329 g/mol. The second-order valence-corrected chi connectivity index (χ2v) is 7.19. The van der Waals surface area contributed by atoms with Crippen molar-refractivity contribution in [3.05, 3.63) is 0 Å². The molecule has 0 aliphatic heterocycles. The molecule has 0 aromatic rings. The Balaban J connectivity index is 4.27. The SMILES string of the molecule is CC(C)(C)OC(=O)CCC(=O)N[C@H](C=O)CC(=O)OC(C)(C)C. The topological polar surface area (TPSA) is 98.8 Å². The summed E-state index contributed by atoms with van der Waals surface area (Å²) in [6, 6.07) is -0.976. The Morgan fingerprint density at radius 1 is 0.913 bits per heavy atom. The first-order chi connectivity index (χ1) is 10.3. The molecule has 7 nitrogen and oxygen atoms in total. The first-order valence-electron chi connectivity index (χ1n) is 7.51. The number of aldehydes is 1. The van der Waals surface area contributed by atoms with Crippen molar-refractivity contribution in [3.63, 3.8) is 0 Å². The fraction of sp³-hybridized carbons (Fsp3) is 0.750. The molecule has 0 saturated heterocycles. The van der Waals surface area contributed by atoms with Crippen LogP contribution in [-0.4, -0.2) is 41.4 Å². The number of carbonyl (C=O) groups is 4. The molecular formula is C16H27NO6. The molecule has 0 radical (unpaired) electrons. The van der Waals surface area contributed by atoms with Gasteiger partial charge >= 0.3 is 11.9 Å². The molecule has 7 heteroatoms. The molecule has 23 heavy (non-hydrogen) atoms. The minimum Gasteiger partial charge on any atom is -0.460 e. The number of esters is 2. The van der Waals surface area contributed by atoms with E-state index in [0.717, 1.165) is 0 Å². The van der Waals surface area contributed by atoms with Crippen molar-refractivity contribution in [1.82, 2.24) is 5.32 Å². The molecule has 0 aliphatic carbocycles. The highest BCUT2D eigenvalue weighted by Gasteiger charge is 2.22. The van der Waals surface area contributed by atoms with Crippen LogP contribution in [0.4, 0.5) is 0 Å². The Kier molecular flexibility index (Phi) is 7.92. The van der Waals surface area contributed by atoms with Gasteiger partial charge in [-0.2, -0.15) is 0 Å². The molecule has 0 aromatic heterocycles. The van der Waals surface area contributed by atoms with Gasteiger partial charge in [0.1, 0.15) is 17.5 Å². The highest BCUT2D eigenvalue weighted by atomic mass is 16.6.